The molecule has 0 bridgehead atoms. The van der Waals surface area contributed by atoms with Crippen molar-refractivity contribution in [1.82, 2.24) is 39.1 Å². The van der Waals surface area contributed by atoms with Gasteiger partial charge in [-0.15, -0.1) is 0 Å². The molecule has 1 aliphatic heterocycles. The minimum atomic E-state index is -0.965. The van der Waals surface area contributed by atoms with Crippen LogP contribution in [0.2, 0.25) is 0 Å². The fourth-order valence-electron chi connectivity index (χ4n) is 4.92. The summed E-state index contributed by atoms with van der Waals surface area (Å²) in [6, 6.07) is 9.93. The molecular weight excluding hydrogens is 558 g/mol. The molecule has 5 N–H and O–H groups in total. The number of hydrogen-bond acceptors (Lipinski definition) is 10. The van der Waals surface area contributed by atoms with Gasteiger partial charge >= 0.3 is 5.97 Å². The van der Waals surface area contributed by atoms with Gasteiger partial charge in [0.2, 0.25) is 5.95 Å². The van der Waals surface area contributed by atoms with Crippen molar-refractivity contribution < 1.29 is 9.90 Å². The van der Waals surface area contributed by atoms with E-state index in [2.05, 4.69) is 47.5 Å². The molecule has 3 aromatic heterocycles. The van der Waals surface area contributed by atoms with Gasteiger partial charge in [-0.1, -0.05) is 6.07 Å². The number of piperazine rings is 1. The van der Waals surface area contributed by atoms with Crippen molar-refractivity contribution in [2.75, 3.05) is 49.6 Å². The predicted molar refractivity (Wildman–Crippen MR) is 172 cm³/mol. The van der Waals surface area contributed by atoms with E-state index < -0.39 is 5.97 Å². The van der Waals surface area contributed by atoms with Gasteiger partial charge in [0.15, 0.2) is 5.69 Å². The summed E-state index contributed by atoms with van der Waals surface area (Å²) in [5, 5.41) is 20.1. The lowest BCUT2D eigenvalue weighted by atomic mass is 10.1. The van der Waals surface area contributed by atoms with Gasteiger partial charge in [-0.2, -0.15) is 5.10 Å². The smallest absolute Gasteiger partial charge is 0.356 e. The van der Waals surface area contributed by atoms with E-state index in [1.165, 1.54) is 12.8 Å². The minimum Gasteiger partial charge on any atom is -0.476 e. The number of rotatable bonds is 8. The van der Waals surface area contributed by atoms with Crippen LogP contribution in [-0.2, 0) is 12.1 Å². The maximum atomic E-state index is 11.1. The Labute approximate surface area is 258 Å². The number of carboxylic acids is 1. The van der Waals surface area contributed by atoms with Crippen LogP contribution in [0, 0.1) is 6.92 Å². The third-order valence-corrected chi connectivity index (χ3v) is 7.60. The summed E-state index contributed by atoms with van der Waals surface area (Å²) in [4.78, 5) is 28.8. The van der Waals surface area contributed by atoms with E-state index in [0.717, 1.165) is 61.3 Å². The number of aromatic carboxylic acids is 1. The normalized spacial score (nSPS) is 15.8. The number of hydrogen-bond donors (Lipinski definition) is 4. The highest BCUT2D eigenvalue weighted by atomic mass is 16.4. The molecule has 234 valence electrons. The van der Waals surface area contributed by atoms with Crippen molar-refractivity contribution in [1.29, 1.82) is 0 Å². The first kappa shape index (κ1) is 31.0. The fraction of sp³-hybridized carbons (Fsp3) is 0.452. The lowest BCUT2D eigenvalue weighted by Gasteiger charge is -2.33. The highest BCUT2D eigenvalue weighted by molar-refractivity contribution is 5.85. The number of benzene rings is 1. The second kappa shape index (κ2) is 13.0. The van der Waals surface area contributed by atoms with E-state index in [1.54, 1.807) is 18.6 Å². The van der Waals surface area contributed by atoms with Gasteiger partial charge in [0.25, 0.3) is 0 Å². The number of nitrogen functional groups attached to an aromatic ring is 1. The average molecular weight is 602 g/mol. The third-order valence-electron chi connectivity index (χ3n) is 7.60. The Bertz CT molecular complexity index is 1580. The Morgan fingerprint density at radius 1 is 1.07 bits per heavy atom. The zero-order valence-electron chi connectivity index (χ0n) is 26.2. The van der Waals surface area contributed by atoms with E-state index in [0.29, 0.717) is 17.7 Å². The number of nitrogens with two attached hydrogens (primary N) is 1. The molecule has 4 aromatic rings. The van der Waals surface area contributed by atoms with Crippen molar-refractivity contribution in [3.8, 4) is 5.82 Å². The molecule has 0 radical (unpaired) electrons. The van der Waals surface area contributed by atoms with Gasteiger partial charge in [0.05, 0.1) is 11.2 Å². The lowest BCUT2D eigenvalue weighted by Crippen LogP contribution is -2.44. The Balaban J connectivity index is 0.000000178. The zero-order chi connectivity index (χ0) is 31.4. The average Bonchev–Trinajstić information content (AvgIpc) is 3.47. The first-order chi connectivity index (χ1) is 21.0. The number of aromatic nitrogens is 6. The largest absolute Gasteiger partial charge is 0.476 e. The fourth-order valence-corrected chi connectivity index (χ4v) is 4.92. The summed E-state index contributed by atoms with van der Waals surface area (Å²) in [5.74, 6) is 1.31. The summed E-state index contributed by atoms with van der Waals surface area (Å²) < 4.78 is 3.73. The van der Waals surface area contributed by atoms with E-state index in [4.69, 9.17) is 10.8 Å². The SMILES string of the molecule is CN1CCN(Cc2cc(C(=O)O)nn2C(C)(C)C)CC1.Cc1ccc(N)cc1Nc1nccn1-c1cc(NC2CC2)ncn1. The number of aryl methyl sites for hydroxylation is 1. The first-order valence-electron chi connectivity index (χ1n) is 15.0. The number of likely N-dealkylation sites (N-methyl/N-ethyl adjacent to an activating group) is 1. The molecule has 2 fully saturated rings. The Morgan fingerprint density at radius 3 is 2.50 bits per heavy atom. The molecular formula is C31H43N11O2. The highest BCUT2D eigenvalue weighted by Gasteiger charge is 2.24. The summed E-state index contributed by atoms with van der Waals surface area (Å²) in [6.07, 6.45) is 7.57. The van der Waals surface area contributed by atoms with Crippen LogP contribution in [0.5, 0.6) is 0 Å². The highest BCUT2D eigenvalue weighted by Crippen LogP contribution is 2.26. The van der Waals surface area contributed by atoms with Crippen molar-refractivity contribution in [3.63, 3.8) is 0 Å². The molecule has 4 heterocycles. The number of nitrogens with zero attached hydrogens (tertiary/aromatic N) is 8. The van der Waals surface area contributed by atoms with Crippen molar-refractivity contribution >= 4 is 29.1 Å². The number of imidazole rings is 1. The van der Waals surface area contributed by atoms with Crippen LogP contribution in [0.1, 0.15) is 55.4 Å². The van der Waals surface area contributed by atoms with Crippen LogP contribution in [0.25, 0.3) is 5.82 Å². The molecule has 2 aliphatic rings. The number of carboxylic acid groups (broad SMARTS) is 1. The molecule has 0 unspecified atom stereocenters. The minimum absolute atomic E-state index is 0.129. The monoisotopic (exact) mass is 601 g/mol. The van der Waals surface area contributed by atoms with Gasteiger partial charge in [-0.05, 0) is 71.3 Å². The van der Waals surface area contributed by atoms with Gasteiger partial charge in [0, 0.05) is 68.6 Å². The van der Waals surface area contributed by atoms with Crippen LogP contribution in [0.4, 0.5) is 23.1 Å². The Morgan fingerprint density at radius 2 is 1.82 bits per heavy atom. The van der Waals surface area contributed by atoms with Gasteiger partial charge in [-0.3, -0.25) is 14.1 Å². The molecule has 1 saturated heterocycles. The quantitative estimate of drug-likeness (QED) is 0.217. The standard InChI is InChI=1S/C17H19N7.C14H24N4O2/c1-11-2-3-12(18)8-14(11)23-17-19-6-7-24(17)16-9-15(20-10-21-16)22-13-4-5-13;1-14(2,3)18-11(9-12(15-18)13(19)20)10-17-7-5-16(4)6-8-17/h2-3,6-10,13H,4-5,18H2,1H3,(H,19,23)(H,20,21,22);9H,5-8,10H2,1-4H3,(H,19,20). The molecule has 13 heteroatoms. The Hall–Kier alpha value is -4.49. The second-order valence-corrected chi connectivity index (χ2v) is 12.5. The van der Waals surface area contributed by atoms with E-state index in [1.807, 2.05) is 67.4 Å². The Kier molecular flexibility index (Phi) is 9.16. The topological polar surface area (TPSA) is 155 Å². The summed E-state index contributed by atoms with van der Waals surface area (Å²) in [5.41, 5.74) is 9.50. The number of nitrogens with one attached hydrogen (secondary N) is 2. The van der Waals surface area contributed by atoms with Crippen molar-refractivity contribution in [3.05, 3.63) is 66.0 Å². The van der Waals surface area contributed by atoms with E-state index in [9.17, 15) is 4.79 Å². The maximum absolute atomic E-state index is 11.1. The summed E-state index contributed by atoms with van der Waals surface area (Å²) in [6.45, 7) is 13.0. The molecule has 0 spiro atoms. The first-order valence-corrected chi connectivity index (χ1v) is 15.0. The van der Waals surface area contributed by atoms with E-state index in [-0.39, 0.29) is 11.2 Å². The third kappa shape index (κ3) is 7.91. The van der Waals surface area contributed by atoms with Crippen LogP contribution < -0.4 is 16.4 Å². The molecule has 1 saturated carbocycles. The summed E-state index contributed by atoms with van der Waals surface area (Å²) in [7, 11) is 2.12. The molecule has 6 rings (SSSR count). The van der Waals surface area contributed by atoms with Crippen molar-refractivity contribution in [2.45, 2.75) is 58.7 Å². The van der Waals surface area contributed by atoms with Gasteiger partial charge < -0.3 is 26.4 Å². The van der Waals surface area contributed by atoms with Crippen molar-refractivity contribution in [2.24, 2.45) is 0 Å². The molecule has 44 heavy (non-hydrogen) atoms. The maximum Gasteiger partial charge on any atom is 0.356 e. The molecule has 0 atom stereocenters. The second-order valence-electron chi connectivity index (χ2n) is 12.5. The van der Waals surface area contributed by atoms with E-state index >= 15 is 0 Å². The molecule has 1 aliphatic carbocycles. The van der Waals surface area contributed by atoms with Crippen LogP contribution in [0.3, 0.4) is 0 Å². The lowest BCUT2D eigenvalue weighted by molar-refractivity contribution is 0.0688. The molecule has 0 amide bonds. The number of carbonyl (C=O) groups is 1. The van der Waals surface area contributed by atoms with Gasteiger partial charge in [0.1, 0.15) is 18.0 Å². The van der Waals surface area contributed by atoms with Crippen LogP contribution >= 0.6 is 0 Å². The molecule has 13 nitrogen and oxygen atoms in total. The molecule has 1 aromatic carbocycles. The summed E-state index contributed by atoms with van der Waals surface area (Å²) >= 11 is 0. The number of anilines is 4. The van der Waals surface area contributed by atoms with Crippen LogP contribution in [-0.4, -0.2) is 89.4 Å². The van der Waals surface area contributed by atoms with Gasteiger partial charge in [-0.25, -0.2) is 19.7 Å². The predicted octanol–water partition coefficient (Wildman–Crippen LogP) is 3.95. The van der Waals surface area contributed by atoms with Crippen LogP contribution in [0.15, 0.2) is 49.1 Å². The zero-order valence-corrected chi connectivity index (χ0v) is 26.2.